The van der Waals surface area contributed by atoms with Gasteiger partial charge in [-0.15, -0.1) is 0 Å². The Kier molecular flexibility index (Phi) is 4.72. The van der Waals surface area contributed by atoms with Crippen molar-refractivity contribution in [2.24, 2.45) is 0 Å². The molecule has 1 aromatic heterocycles. The summed E-state index contributed by atoms with van der Waals surface area (Å²) in [6.45, 7) is 3.23. The lowest BCUT2D eigenvalue weighted by Gasteiger charge is -2.42. The number of rotatable bonds is 4. The van der Waals surface area contributed by atoms with Crippen LogP contribution in [0.1, 0.15) is 31.4 Å². The predicted octanol–water partition coefficient (Wildman–Crippen LogP) is 2.60. The summed E-state index contributed by atoms with van der Waals surface area (Å²) >= 11 is 3.38. The van der Waals surface area contributed by atoms with Gasteiger partial charge in [0.25, 0.3) is 0 Å². The van der Waals surface area contributed by atoms with Crippen molar-refractivity contribution >= 4 is 21.7 Å². The third-order valence-electron chi connectivity index (χ3n) is 4.70. The molecule has 0 N–H and O–H groups in total. The number of halogens is 1. The Morgan fingerprint density at radius 1 is 1.29 bits per heavy atom. The first kappa shape index (κ1) is 15.1. The summed E-state index contributed by atoms with van der Waals surface area (Å²) in [6, 6.07) is 3.88. The zero-order valence-corrected chi connectivity index (χ0v) is 13.8. The van der Waals surface area contributed by atoms with Crippen molar-refractivity contribution in [1.29, 1.82) is 0 Å². The Labute approximate surface area is 134 Å². The minimum Gasteiger partial charge on any atom is -0.379 e. The van der Waals surface area contributed by atoms with E-state index in [9.17, 15) is 4.79 Å². The maximum absolute atomic E-state index is 13.0. The SMILES string of the molecule is O=C(Cc1ccc(Br)cn1)C1(N2CCOCC2)CCCC1. The van der Waals surface area contributed by atoms with E-state index >= 15 is 0 Å². The molecule has 0 unspecified atom stereocenters. The molecule has 2 aliphatic rings. The van der Waals surface area contributed by atoms with Crippen LogP contribution in [0.3, 0.4) is 0 Å². The summed E-state index contributed by atoms with van der Waals surface area (Å²) in [5.74, 6) is 0.330. The van der Waals surface area contributed by atoms with Gasteiger partial charge in [-0.2, -0.15) is 0 Å². The molecule has 1 aliphatic heterocycles. The predicted molar refractivity (Wildman–Crippen MR) is 84.2 cm³/mol. The fraction of sp³-hybridized carbons (Fsp3) is 0.625. The van der Waals surface area contributed by atoms with E-state index in [0.717, 1.165) is 62.2 Å². The number of morpholine rings is 1. The molecule has 0 aromatic carbocycles. The van der Waals surface area contributed by atoms with Crippen LogP contribution in [0.4, 0.5) is 0 Å². The summed E-state index contributed by atoms with van der Waals surface area (Å²) in [7, 11) is 0. The molecule has 2 fully saturated rings. The number of ether oxygens (including phenoxy) is 1. The molecule has 1 saturated heterocycles. The van der Waals surface area contributed by atoms with E-state index in [4.69, 9.17) is 4.74 Å². The number of carbonyl (C=O) groups excluding carboxylic acids is 1. The van der Waals surface area contributed by atoms with Crippen LogP contribution in [0.25, 0.3) is 0 Å². The lowest BCUT2D eigenvalue weighted by Crippen LogP contribution is -2.57. The number of Topliss-reactive ketones (excluding diaryl/α,β-unsaturated/α-hetero) is 1. The van der Waals surface area contributed by atoms with Gasteiger partial charge in [0.2, 0.25) is 0 Å². The molecule has 0 amide bonds. The molecular formula is C16H21BrN2O2. The van der Waals surface area contributed by atoms with Crippen LogP contribution in [0.5, 0.6) is 0 Å². The summed E-state index contributed by atoms with van der Waals surface area (Å²) in [5.41, 5.74) is 0.598. The molecule has 0 atom stereocenters. The number of pyridine rings is 1. The Balaban J connectivity index is 1.76. The van der Waals surface area contributed by atoms with Gasteiger partial charge in [0, 0.05) is 29.5 Å². The maximum Gasteiger partial charge on any atom is 0.159 e. The molecule has 0 bridgehead atoms. The average molecular weight is 353 g/mol. The average Bonchev–Trinajstić information content (AvgIpc) is 3.01. The zero-order chi connectivity index (χ0) is 14.7. The number of aromatic nitrogens is 1. The van der Waals surface area contributed by atoms with Crippen molar-refractivity contribution < 1.29 is 9.53 Å². The number of carbonyl (C=O) groups is 1. The minimum absolute atomic E-state index is 0.265. The first-order chi connectivity index (χ1) is 10.2. The van der Waals surface area contributed by atoms with E-state index in [-0.39, 0.29) is 5.54 Å². The van der Waals surface area contributed by atoms with Gasteiger partial charge in [-0.1, -0.05) is 12.8 Å². The van der Waals surface area contributed by atoms with Crippen molar-refractivity contribution in [3.63, 3.8) is 0 Å². The van der Waals surface area contributed by atoms with E-state index in [0.29, 0.717) is 12.2 Å². The summed E-state index contributed by atoms with van der Waals surface area (Å²) in [6.07, 6.45) is 6.47. The standard InChI is InChI=1S/C16H21BrN2O2/c17-13-3-4-14(18-12-13)11-15(20)16(5-1-2-6-16)19-7-9-21-10-8-19/h3-4,12H,1-2,5-11H2. The third-order valence-corrected chi connectivity index (χ3v) is 5.17. The van der Waals surface area contributed by atoms with Crippen molar-refractivity contribution in [1.82, 2.24) is 9.88 Å². The first-order valence-corrected chi connectivity index (χ1v) is 8.46. The van der Waals surface area contributed by atoms with Gasteiger partial charge in [-0.25, -0.2) is 0 Å². The molecular weight excluding hydrogens is 332 g/mol. The number of nitrogens with zero attached hydrogens (tertiary/aromatic N) is 2. The Hall–Kier alpha value is -0.780. The molecule has 5 heteroatoms. The second-order valence-corrected chi connectivity index (χ2v) is 6.82. The molecule has 3 rings (SSSR count). The Bertz CT molecular complexity index is 492. The lowest BCUT2D eigenvalue weighted by molar-refractivity contribution is -0.133. The van der Waals surface area contributed by atoms with Crippen LogP contribution >= 0.6 is 15.9 Å². The van der Waals surface area contributed by atoms with Gasteiger partial charge in [0.15, 0.2) is 5.78 Å². The molecule has 4 nitrogen and oxygen atoms in total. The second kappa shape index (κ2) is 6.55. The van der Waals surface area contributed by atoms with Crippen molar-refractivity contribution in [3.05, 3.63) is 28.5 Å². The number of hydrogen-bond acceptors (Lipinski definition) is 4. The molecule has 21 heavy (non-hydrogen) atoms. The van der Waals surface area contributed by atoms with Crippen LogP contribution in [0.15, 0.2) is 22.8 Å². The highest BCUT2D eigenvalue weighted by Gasteiger charge is 2.45. The van der Waals surface area contributed by atoms with Gasteiger partial charge in [0.05, 0.1) is 25.2 Å². The van der Waals surface area contributed by atoms with Crippen molar-refractivity contribution in [2.45, 2.75) is 37.6 Å². The quantitative estimate of drug-likeness (QED) is 0.835. The lowest BCUT2D eigenvalue weighted by atomic mass is 9.86. The zero-order valence-electron chi connectivity index (χ0n) is 12.2. The fourth-order valence-corrected chi connectivity index (χ4v) is 3.80. The molecule has 0 radical (unpaired) electrons. The van der Waals surface area contributed by atoms with Crippen LogP contribution in [0.2, 0.25) is 0 Å². The molecule has 1 aromatic rings. The molecule has 1 saturated carbocycles. The molecule has 1 aliphatic carbocycles. The minimum atomic E-state index is -0.265. The van der Waals surface area contributed by atoms with E-state index < -0.39 is 0 Å². The third kappa shape index (κ3) is 3.20. The number of ketones is 1. The van der Waals surface area contributed by atoms with E-state index in [1.807, 2.05) is 12.1 Å². The van der Waals surface area contributed by atoms with Crippen LogP contribution in [-0.2, 0) is 16.0 Å². The second-order valence-electron chi connectivity index (χ2n) is 5.91. The van der Waals surface area contributed by atoms with Crippen LogP contribution < -0.4 is 0 Å². The fourth-order valence-electron chi connectivity index (χ4n) is 3.56. The summed E-state index contributed by atoms with van der Waals surface area (Å²) < 4.78 is 6.39. The normalized spacial score (nSPS) is 22.3. The maximum atomic E-state index is 13.0. The van der Waals surface area contributed by atoms with Gasteiger partial charge >= 0.3 is 0 Å². The Morgan fingerprint density at radius 3 is 2.62 bits per heavy atom. The highest BCUT2D eigenvalue weighted by molar-refractivity contribution is 9.10. The number of hydrogen-bond donors (Lipinski definition) is 0. The topological polar surface area (TPSA) is 42.4 Å². The highest BCUT2D eigenvalue weighted by atomic mass is 79.9. The van der Waals surface area contributed by atoms with Crippen LogP contribution in [0, 0.1) is 0 Å². The molecule has 114 valence electrons. The largest absolute Gasteiger partial charge is 0.379 e. The van der Waals surface area contributed by atoms with Crippen LogP contribution in [-0.4, -0.2) is 47.5 Å². The first-order valence-electron chi connectivity index (χ1n) is 7.67. The smallest absolute Gasteiger partial charge is 0.159 e. The van der Waals surface area contributed by atoms with Crippen molar-refractivity contribution in [3.8, 4) is 0 Å². The molecule has 2 heterocycles. The van der Waals surface area contributed by atoms with E-state index in [1.54, 1.807) is 6.20 Å². The summed E-state index contributed by atoms with van der Waals surface area (Å²) in [5, 5.41) is 0. The monoisotopic (exact) mass is 352 g/mol. The van der Waals surface area contributed by atoms with Gasteiger partial charge < -0.3 is 4.74 Å². The Morgan fingerprint density at radius 2 is 2.00 bits per heavy atom. The van der Waals surface area contributed by atoms with Crippen molar-refractivity contribution in [2.75, 3.05) is 26.3 Å². The highest BCUT2D eigenvalue weighted by Crippen LogP contribution is 2.37. The summed E-state index contributed by atoms with van der Waals surface area (Å²) in [4.78, 5) is 19.7. The van der Waals surface area contributed by atoms with E-state index in [2.05, 4.69) is 25.8 Å². The van der Waals surface area contributed by atoms with Gasteiger partial charge in [-0.3, -0.25) is 14.7 Å². The van der Waals surface area contributed by atoms with Gasteiger partial charge in [-0.05, 0) is 40.9 Å². The van der Waals surface area contributed by atoms with E-state index in [1.165, 1.54) is 0 Å². The molecule has 0 spiro atoms. The van der Waals surface area contributed by atoms with Gasteiger partial charge in [0.1, 0.15) is 0 Å².